The van der Waals surface area contributed by atoms with Crippen molar-refractivity contribution in [3.05, 3.63) is 64.0 Å². The lowest BCUT2D eigenvalue weighted by molar-refractivity contribution is -0.385. The summed E-state index contributed by atoms with van der Waals surface area (Å²) in [6.07, 6.45) is 0. The van der Waals surface area contributed by atoms with Gasteiger partial charge in [-0.05, 0) is 32.2 Å². The van der Waals surface area contributed by atoms with E-state index in [4.69, 9.17) is 4.74 Å². The molecule has 0 aliphatic rings. The van der Waals surface area contributed by atoms with E-state index in [0.29, 0.717) is 30.2 Å². The second-order valence-corrected chi connectivity index (χ2v) is 5.85. The zero-order valence-corrected chi connectivity index (χ0v) is 14.6. The van der Waals surface area contributed by atoms with Crippen molar-refractivity contribution in [3.63, 3.8) is 0 Å². The largest absolute Gasteiger partial charge is 0.492 e. The number of nitrogens with one attached hydrogen (secondary N) is 1. The van der Waals surface area contributed by atoms with Gasteiger partial charge in [-0.3, -0.25) is 19.8 Å². The molecule has 0 aliphatic heterocycles. The normalized spacial score (nSPS) is 10.6. The maximum absolute atomic E-state index is 13.0. The number of rotatable bonds is 8. The summed E-state index contributed by atoms with van der Waals surface area (Å²) < 4.78 is 18.5. The molecular formula is C18H20FN3O4. The number of nitro benzene ring substituents is 1. The summed E-state index contributed by atoms with van der Waals surface area (Å²) in [4.78, 5) is 24.2. The second kappa shape index (κ2) is 8.91. The molecule has 0 bridgehead atoms. The lowest BCUT2D eigenvalue weighted by Gasteiger charge is -2.16. The van der Waals surface area contributed by atoms with E-state index in [1.807, 2.05) is 0 Å². The van der Waals surface area contributed by atoms with E-state index in [1.165, 1.54) is 18.2 Å². The maximum atomic E-state index is 13.0. The Hall–Kier alpha value is -3.00. The minimum absolute atomic E-state index is 0.0420. The molecule has 0 fully saturated rings. The molecule has 0 aliphatic carbocycles. The van der Waals surface area contributed by atoms with Gasteiger partial charge in [0.25, 0.3) is 5.69 Å². The Labute approximate surface area is 150 Å². The molecule has 0 aromatic heterocycles. The molecule has 0 heterocycles. The van der Waals surface area contributed by atoms with Crippen LogP contribution in [0.25, 0.3) is 0 Å². The van der Waals surface area contributed by atoms with Gasteiger partial charge in [-0.2, -0.15) is 0 Å². The van der Waals surface area contributed by atoms with E-state index in [1.54, 1.807) is 43.1 Å². The number of ether oxygens (including phenoxy) is 1. The molecule has 0 saturated heterocycles. The molecule has 2 aromatic carbocycles. The Morgan fingerprint density at radius 2 is 2.08 bits per heavy atom. The fraction of sp³-hybridized carbons (Fsp3) is 0.278. The van der Waals surface area contributed by atoms with E-state index >= 15 is 0 Å². The van der Waals surface area contributed by atoms with Crippen molar-refractivity contribution < 1.29 is 18.8 Å². The number of hydrogen-bond acceptors (Lipinski definition) is 5. The molecular weight excluding hydrogens is 341 g/mol. The van der Waals surface area contributed by atoms with Gasteiger partial charge in [-0.25, -0.2) is 4.39 Å². The van der Waals surface area contributed by atoms with Crippen LogP contribution in [0.5, 0.6) is 5.75 Å². The lowest BCUT2D eigenvalue weighted by atomic mass is 10.2. The Kier molecular flexibility index (Phi) is 6.62. The van der Waals surface area contributed by atoms with Gasteiger partial charge in [-0.1, -0.05) is 12.1 Å². The number of aryl methyl sites for hydroxylation is 1. The number of hydrogen-bond donors (Lipinski definition) is 1. The molecule has 26 heavy (non-hydrogen) atoms. The summed E-state index contributed by atoms with van der Waals surface area (Å²) in [5.41, 5.74) is 0.857. The topological polar surface area (TPSA) is 84.7 Å². The number of carbonyl (C=O) groups is 1. The molecule has 0 unspecified atom stereocenters. The third-order valence-electron chi connectivity index (χ3n) is 3.64. The molecule has 0 saturated carbocycles. The van der Waals surface area contributed by atoms with E-state index in [0.717, 1.165) is 0 Å². The van der Waals surface area contributed by atoms with Crippen LogP contribution >= 0.6 is 0 Å². The quantitative estimate of drug-likeness (QED) is 0.577. The molecule has 0 atom stereocenters. The van der Waals surface area contributed by atoms with Gasteiger partial charge in [0.2, 0.25) is 5.91 Å². The van der Waals surface area contributed by atoms with E-state index in [-0.39, 0.29) is 24.0 Å². The van der Waals surface area contributed by atoms with E-state index in [2.05, 4.69) is 5.32 Å². The SMILES string of the molecule is Cc1ccc(NC(=O)CN(C)CCOc2cccc(F)c2)cc1[N+](=O)[O-]. The smallest absolute Gasteiger partial charge is 0.274 e. The average Bonchev–Trinajstić information content (AvgIpc) is 2.56. The van der Waals surface area contributed by atoms with Crippen molar-refractivity contribution in [2.24, 2.45) is 0 Å². The average molecular weight is 361 g/mol. The summed E-state index contributed by atoms with van der Waals surface area (Å²) >= 11 is 0. The number of amides is 1. The molecule has 2 rings (SSSR count). The van der Waals surface area contributed by atoms with Crippen LogP contribution in [-0.4, -0.2) is 42.5 Å². The van der Waals surface area contributed by atoms with Crippen LogP contribution in [0.3, 0.4) is 0 Å². The Morgan fingerprint density at radius 3 is 2.77 bits per heavy atom. The number of carbonyl (C=O) groups excluding carboxylic acids is 1. The first-order valence-corrected chi connectivity index (χ1v) is 7.97. The first-order valence-electron chi connectivity index (χ1n) is 7.97. The molecule has 8 heteroatoms. The van der Waals surface area contributed by atoms with Crippen molar-refractivity contribution in [2.75, 3.05) is 32.1 Å². The van der Waals surface area contributed by atoms with Crippen LogP contribution in [0.15, 0.2) is 42.5 Å². The summed E-state index contributed by atoms with van der Waals surface area (Å²) in [6.45, 7) is 2.48. The highest BCUT2D eigenvalue weighted by Gasteiger charge is 2.13. The fourth-order valence-corrected chi connectivity index (χ4v) is 2.28. The Balaban J connectivity index is 1.80. The summed E-state index contributed by atoms with van der Waals surface area (Å²) in [5.74, 6) is -0.242. The van der Waals surface area contributed by atoms with Crippen molar-refractivity contribution in [1.82, 2.24) is 4.90 Å². The summed E-state index contributed by atoms with van der Waals surface area (Å²) in [7, 11) is 1.74. The van der Waals surface area contributed by atoms with Crippen LogP contribution in [0.1, 0.15) is 5.56 Å². The number of halogens is 1. The van der Waals surface area contributed by atoms with Crippen molar-refractivity contribution >= 4 is 17.3 Å². The van der Waals surface area contributed by atoms with Gasteiger partial charge >= 0.3 is 0 Å². The predicted molar refractivity (Wildman–Crippen MR) is 95.9 cm³/mol. The highest BCUT2D eigenvalue weighted by molar-refractivity contribution is 5.92. The van der Waals surface area contributed by atoms with Gasteiger partial charge in [0.05, 0.1) is 11.5 Å². The fourth-order valence-electron chi connectivity index (χ4n) is 2.28. The minimum atomic E-state index is -0.485. The van der Waals surface area contributed by atoms with Crippen LogP contribution in [-0.2, 0) is 4.79 Å². The molecule has 0 spiro atoms. The van der Waals surface area contributed by atoms with Gasteiger partial charge in [0, 0.05) is 29.9 Å². The van der Waals surface area contributed by atoms with Crippen LogP contribution in [0.2, 0.25) is 0 Å². The summed E-state index contributed by atoms with van der Waals surface area (Å²) in [5, 5.41) is 13.6. The molecule has 7 nitrogen and oxygen atoms in total. The van der Waals surface area contributed by atoms with Gasteiger partial charge < -0.3 is 10.1 Å². The molecule has 1 N–H and O–H groups in total. The first kappa shape index (κ1) is 19.3. The van der Waals surface area contributed by atoms with Crippen LogP contribution in [0, 0.1) is 22.9 Å². The number of likely N-dealkylation sites (N-methyl/N-ethyl adjacent to an activating group) is 1. The molecule has 138 valence electrons. The molecule has 0 radical (unpaired) electrons. The zero-order valence-electron chi connectivity index (χ0n) is 14.6. The third-order valence-corrected chi connectivity index (χ3v) is 3.64. The monoisotopic (exact) mass is 361 g/mol. The number of nitrogens with zero attached hydrogens (tertiary/aromatic N) is 2. The van der Waals surface area contributed by atoms with E-state index in [9.17, 15) is 19.3 Å². The lowest BCUT2D eigenvalue weighted by Crippen LogP contribution is -2.33. The maximum Gasteiger partial charge on any atom is 0.274 e. The number of nitro groups is 1. The van der Waals surface area contributed by atoms with Crippen LogP contribution < -0.4 is 10.1 Å². The highest BCUT2D eigenvalue weighted by Crippen LogP contribution is 2.22. The minimum Gasteiger partial charge on any atom is -0.492 e. The standard InChI is InChI=1S/C18H20FN3O4/c1-13-6-7-15(11-17(13)22(24)25)20-18(23)12-21(2)8-9-26-16-5-3-4-14(19)10-16/h3-7,10-11H,8-9,12H2,1-2H3,(H,20,23). The summed E-state index contributed by atoms with van der Waals surface area (Å²) in [6, 6.07) is 10.4. The first-order chi connectivity index (χ1) is 12.3. The Bertz CT molecular complexity index is 798. The zero-order chi connectivity index (χ0) is 19.1. The van der Waals surface area contributed by atoms with Gasteiger partial charge in [0.1, 0.15) is 18.2 Å². The predicted octanol–water partition coefficient (Wildman–Crippen LogP) is 2.99. The number of anilines is 1. The van der Waals surface area contributed by atoms with Gasteiger partial charge in [-0.15, -0.1) is 0 Å². The molecule has 2 aromatic rings. The van der Waals surface area contributed by atoms with Crippen molar-refractivity contribution in [2.45, 2.75) is 6.92 Å². The Morgan fingerprint density at radius 1 is 1.31 bits per heavy atom. The van der Waals surface area contributed by atoms with Crippen molar-refractivity contribution in [1.29, 1.82) is 0 Å². The number of benzene rings is 2. The second-order valence-electron chi connectivity index (χ2n) is 5.85. The highest BCUT2D eigenvalue weighted by atomic mass is 19.1. The van der Waals surface area contributed by atoms with Gasteiger partial charge in [0.15, 0.2) is 0 Å². The van der Waals surface area contributed by atoms with Crippen molar-refractivity contribution in [3.8, 4) is 5.75 Å². The third kappa shape index (κ3) is 5.82. The van der Waals surface area contributed by atoms with Crippen LogP contribution in [0.4, 0.5) is 15.8 Å². The molecule has 1 amide bonds. The van der Waals surface area contributed by atoms with E-state index < -0.39 is 4.92 Å².